The van der Waals surface area contributed by atoms with Crippen LogP contribution in [0.25, 0.3) is 11.3 Å². The third kappa shape index (κ3) is 2.22. The van der Waals surface area contributed by atoms with Gasteiger partial charge < -0.3 is 5.11 Å². The van der Waals surface area contributed by atoms with Crippen LogP contribution in [0.1, 0.15) is 27.4 Å². The fourth-order valence-corrected chi connectivity index (χ4v) is 1.89. The lowest BCUT2D eigenvalue weighted by molar-refractivity contribution is 0.0696. The zero-order chi connectivity index (χ0) is 13.3. The van der Waals surface area contributed by atoms with Crippen molar-refractivity contribution < 1.29 is 9.90 Å². The number of aryl methyl sites for hydroxylation is 3. The molecular weight excluding hydrogens is 228 g/mol. The van der Waals surface area contributed by atoms with E-state index < -0.39 is 5.97 Å². The molecule has 1 aromatic carbocycles. The van der Waals surface area contributed by atoms with Crippen LogP contribution < -0.4 is 0 Å². The lowest BCUT2D eigenvalue weighted by atomic mass is 10.0. The minimum atomic E-state index is -0.997. The van der Waals surface area contributed by atoms with Crippen molar-refractivity contribution in [2.75, 3.05) is 0 Å². The average Bonchev–Trinajstić information content (AvgIpc) is 2.28. The van der Waals surface area contributed by atoms with E-state index >= 15 is 0 Å². The minimum absolute atomic E-state index is 0.171. The standard InChI is InChI=1S/C14H14N2O2/c1-8-4-6-11(7-5-8)13-12(14(17)18)9(2)15-10(3)16-13/h4-7H,1-3H3,(H,17,18). The molecule has 2 aromatic rings. The predicted octanol–water partition coefficient (Wildman–Crippen LogP) is 2.77. The van der Waals surface area contributed by atoms with E-state index in [-0.39, 0.29) is 5.56 Å². The largest absolute Gasteiger partial charge is 0.478 e. The number of nitrogens with zero attached hydrogens (tertiary/aromatic N) is 2. The maximum Gasteiger partial charge on any atom is 0.339 e. The Labute approximate surface area is 105 Å². The van der Waals surface area contributed by atoms with Gasteiger partial charge in [-0.25, -0.2) is 14.8 Å². The molecule has 0 spiro atoms. The van der Waals surface area contributed by atoms with E-state index in [4.69, 9.17) is 0 Å². The second kappa shape index (κ2) is 4.56. The quantitative estimate of drug-likeness (QED) is 0.879. The highest BCUT2D eigenvalue weighted by molar-refractivity contribution is 5.95. The van der Waals surface area contributed by atoms with Gasteiger partial charge in [-0.05, 0) is 20.8 Å². The molecule has 0 unspecified atom stereocenters. The maximum absolute atomic E-state index is 11.3. The summed E-state index contributed by atoms with van der Waals surface area (Å²) in [5.74, 6) is -0.420. The molecular formula is C14H14N2O2. The van der Waals surface area contributed by atoms with Crippen molar-refractivity contribution in [2.45, 2.75) is 20.8 Å². The second-order valence-corrected chi connectivity index (χ2v) is 4.25. The first kappa shape index (κ1) is 12.2. The Hall–Kier alpha value is -2.23. The summed E-state index contributed by atoms with van der Waals surface area (Å²) in [5.41, 5.74) is 3.06. The molecule has 0 aliphatic carbocycles. The topological polar surface area (TPSA) is 63.1 Å². The number of benzene rings is 1. The summed E-state index contributed by atoms with van der Waals surface area (Å²) in [6.45, 7) is 5.44. The van der Waals surface area contributed by atoms with Crippen molar-refractivity contribution >= 4 is 5.97 Å². The molecule has 0 fully saturated rings. The Balaban J connectivity index is 2.69. The molecule has 4 nitrogen and oxygen atoms in total. The molecule has 1 heterocycles. The van der Waals surface area contributed by atoms with E-state index in [1.165, 1.54) is 0 Å². The molecule has 1 N–H and O–H groups in total. The van der Waals surface area contributed by atoms with Gasteiger partial charge in [-0.2, -0.15) is 0 Å². The van der Waals surface area contributed by atoms with Crippen LogP contribution in [0.2, 0.25) is 0 Å². The Kier molecular flexibility index (Phi) is 3.10. The van der Waals surface area contributed by atoms with Crippen molar-refractivity contribution in [3.8, 4) is 11.3 Å². The normalized spacial score (nSPS) is 10.4. The van der Waals surface area contributed by atoms with Gasteiger partial charge in [0.25, 0.3) is 0 Å². The number of hydrogen-bond donors (Lipinski definition) is 1. The molecule has 2 rings (SSSR count). The molecule has 0 aliphatic rings. The molecule has 0 saturated carbocycles. The molecule has 4 heteroatoms. The number of carbonyl (C=O) groups is 1. The summed E-state index contributed by atoms with van der Waals surface area (Å²) in [7, 11) is 0. The van der Waals surface area contributed by atoms with Crippen molar-refractivity contribution in [1.29, 1.82) is 0 Å². The SMILES string of the molecule is Cc1ccc(-c2nc(C)nc(C)c2C(=O)O)cc1. The van der Waals surface area contributed by atoms with Gasteiger partial charge in [0.05, 0.1) is 11.4 Å². The van der Waals surface area contributed by atoms with Gasteiger partial charge in [0.2, 0.25) is 0 Å². The highest BCUT2D eigenvalue weighted by Crippen LogP contribution is 2.24. The summed E-state index contributed by atoms with van der Waals surface area (Å²) in [4.78, 5) is 19.7. The lowest BCUT2D eigenvalue weighted by Crippen LogP contribution is -2.08. The first-order chi connectivity index (χ1) is 8.49. The van der Waals surface area contributed by atoms with Gasteiger partial charge in [0.1, 0.15) is 11.4 Å². The number of aromatic carboxylic acids is 1. The Bertz CT molecular complexity index is 604. The molecule has 92 valence electrons. The maximum atomic E-state index is 11.3. The monoisotopic (exact) mass is 242 g/mol. The Morgan fingerprint density at radius 1 is 1.06 bits per heavy atom. The molecule has 18 heavy (non-hydrogen) atoms. The number of carboxylic acids is 1. The van der Waals surface area contributed by atoms with Gasteiger partial charge in [-0.15, -0.1) is 0 Å². The molecule has 0 atom stereocenters. The molecule has 0 aliphatic heterocycles. The number of aromatic nitrogens is 2. The molecule has 0 saturated heterocycles. The highest BCUT2D eigenvalue weighted by Gasteiger charge is 2.17. The summed E-state index contributed by atoms with van der Waals surface area (Å²) in [6, 6.07) is 7.63. The first-order valence-electron chi connectivity index (χ1n) is 5.64. The number of rotatable bonds is 2. The number of hydrogen-bond acceptors (Lipinski definition) is 3. The lowest BCUT2D eigenvalue weighted by Gasteiger charge is -2.09. The Morgan fingerprint density at radius 2 is 1.67 bits per heavy atom. The average molecular weight is 242 g/mol. The van der Waals surface area contributed by atoms with Gasteiger partial charge >= 0.3 is 5.97 Å². The van der Waals surface area contributed by atoms with Crippen LogP contribution in [0.5, 0.6) is 0 Å². The Morgan fingerprint density at radius 3 is 2.22 bits per heavy atom. The van der Waals surface area contributed by atoms with Gasteiger partial charge in [-0.1, -0.05) is 29.8 Å². The van der Waals surface area contributed by atoms with Crippen molar-refractivity contribution in [1.82, 2.24) is 9.97 Å². The van der Waals surface area contributed by atoms with E-state index in [2.05, 4.69) is 9.97 Å². The molecule has 0 bridgehead atoms. The molecule has 0 radical (unpaired) electrons. The van der Waals surface area contributed by atoms with Crippen LogP contribution in [0, 0.1) is 20.8 Å². The van der Waals surface area contributed by atoms with Crippen molar-refractivity contribution in [3.05, 3.63) is 46.9 Å². The van der Waals surface area contributed by atoms with Gasteiger partial charge in [0, 0.05) is 5.56 Å². The van der Waals surface area contributed by atoms with Crippen LogP contribution in [0.3, 0.4) is 0 Å². The van der Waals surface area contributed by atoms with Crippen LogP contribution in [-0.2, 0) is 0 Å². The van der Waals surface area contributed by atoms with Crippen LogP contribution in [0.4, 0.5) is 0 Å². The van der Waals surface area contributed by atoms with E-state index in [9.17, 15) is 9.90 Å². The highest BCUT2D eigenvalue weighted by atomic mass is 16.4. The van der Waals surface area contributed by atoms with E-state index in [1.54, 1.807) is 13.8 Å². The van der Waals surface area contributed by atoms with Crippen molar-refractivity contribution in [3.63, 3.8) is 0 Å². The zero-order valence-corrected chi connectivity index (χ0v) is 10.6. The van der Waals surface area contributed by atoms with E-state index in [1.807, 2.05) is 31.2 Å². The first-order valence-corrected chi connectivity index (χ1v) is 5.64. The summed E-state index contributed by atoms with van der Waals surface area (Å²) in [5, 5.41) is 9.27. The number of carboxylic acid groups (broad SMARTS) is 1. The third-order valence-corrected chi connectivity index (χ3v) is 2.74. The van der Waals surface area contributed by atoms with Gasteiger partial charge in [0.15, 0.2) is 0 Å². The fraction of sp³-hybridized carbons (Fsp3) is 0.214. The minimum Gasteiger partial charge on any atom is -0.478 e. The summed E-state index contributed by atoms with van der Waals surface area (Å²) in [6.07, 6.45) is 0. The van der Waals surface area contributed by atoms with Crippen molar-refractivity contribution in [2.24, 2.45) is 0 Å². The van der Waals surface area contributed by atoms with Gasteiger partial charge in [-0.3, -0.25) is 0 Å². The predicted molar refractivity (Wildman–Crippen MR) is 68.6 cm³/mol. The second-order valence-electron chi connectivity index (χ2n) is 4.25. The van der Waals surface area contributed by atoms with Crippen LogP contribution in [-0.4, -0.2) is 21.0 Å². The smallest absolute Gasteiger partial charge is 0.339 e. The fourth-order valence-electron chi connectivity index (χ4n) is 1.89. The van der Waals surface area contributed by atoms with E-state index in [0.29, 0.717) is 17.2 Å². The van der Waals surface area contributed by atoms with Crippen LogP contribution in [0.15, 0.2) is 24.3 Å². The zero-order valence-electron chi connectivity index (χ0n) is 10.6. The van der Waals surface area contributed by atoms with Crippen LogP contribution >= 0.6 is 0 Å². The summed E-state index contributed by atoms with van der Waals surface area (Å²) < 4.78 is 0. The summed E-state index contributed by atoms with van der Waals surface area (Å²) >= 11 is 0. The third-order valence-electron chi connectivity index (χ3n) is 2.74. The molecule has 1 aromatic heterocycles. The molecule has 0 amide bonds. The van der Waals surface area contributed by atoms with E-state index in [0.717, 1.165) is 11.1 Å².